The molecule has 0 radical (unpaired) electrons. The summed E-state index contributed by atoms with van der Waals surface area (Å²) in [5.41, 5.74) is 0.913. The molecule has 114 valence electrons. The summed E-state index contributed by atoms with van der Waals surface area (Å²) < 4.78 is 27.4. The van der Waals surface area contributed by atoms with Crippen LogP contribution in [0.3, 0.4) is 0 Å². The van der Waals surface area contributed by atoms with Crippen LogP contribution < -0.4 is 4.90 Å². The van der Waals surface area contributed by atoms with Crippen molar-refractivity contribution in [3.05, 3.63) is 52.1 Å². The standard InChI is InChI=1S/C16H15F2N3S/c1-3-11-8-20-15(22-11)9-21(2)14-4-5-19-16-12(14)6-10(17)7-13(16)18/h4-8H,3,9H2,1-2H3. The minimum absolute atomic E-state index is 0.180. The van der Waals surface area contributed by atoms with Gasteiger partial charge in [-0.2, -0.15) is 0 Å². The van der Waals surface area contributed by atoms with E-state index in [1.54, 1.807) is 17.4 Å². The van der Waals surface area contributed by atoms with Gasteiger partial charge in [-0.25, -0.2) is 13.8 Å². The molecule has 0 N–H and O–H groups in total. The van der Waals surface area contributed by atoms with Gasteiger partial charge in [0, 0.05) is 41.5 Å². The number of rotatable bonds is 4. The van der Waals surface area contributed by atoms with Crippen molar-refractivity contribution < 1.29 is 8.78 Å². The molecule has 0 spiro atoms. The normalized spacial score (nSPS) is 11.1. The third-order valence-electron chi connectivity index (χ3n) is 3.47. The average Bonchev–Trinajstić information content (AvgIpc) is 2.94. The zero-order chi connectivity index (χ0) is 15.7. The summed E-state index contributed by atoms with van der Waals surface area (Å²) in [5.74, 6) is -1.25. The van der Waals surface area contributed by atoms with E-state index in [9.17, 15) is 8.78 Å². The fourth-order valence-electron chi connectivity index (χ4n) is 2.37. The molecule has 2 aromatic heterocycles. The van der Waals surface area contributed by atoms with Crippen molar-refractivity contribution in [2.45, 2.75) is 19.9 Å². The van der Waals surface area contributed by atoms with Crippen LogP contribution in [0.1, 0.15) is 16.8 Å². The van der Waals surface area contributed by atoms with Crippen LogP contribution in [0.15, 0.2) is 30.6 Å². The summed E-state index contributed by atoms with van der Waals surface area (Å²) in [6, 6.07) is 3.93. The van der Waals surface area contributed by atoms with Gasteiger partial charge in [-0.05, 0) is 18.6 Å². The molecule has 0 aliphatic heterocycles. The lowest BCUT2D eigenvalue weighted by atomic mass is 10.1. The highest BCUT2D eigenvalue weighted by Gasteiger charge is 2.13. The summed E-state index contributed by atoms with van der Waals surface area (Å²) in [6.45, 7) is 2.67. The number of fused-ring (bicyclic) bond motifs is 1. The van der Waals surface area contributed by atoms with Gasteiger partial charge in [0.05, 0.1) is 6.54 Å². The van der Waals surface area contributed by atoms with E-state index < -0.39 is 11.6 Å². The molecule has 0 amide bonds. The van der Waals surface area contributed by atoms with Gasteiger partial charge in [-0.15, -0.1) is 11.3 Å². The molecule has 3 rings (SSSR count). The van der Waals surface area contributed by atoms with Crippen molar-refractivity contribution in [3.8, 4) is 0 Å². The van der Waals surface area contributed by atoms with Crippen LogP contribution >= 0.6 is 11.3 Å². The lowest BCUT2D eigenvalue weighted by molar-refractivity contribution is 0.590. The number of benzene rings is 1. The van der Waals surface area contributed by atoms with Crippen LogP contribution in [-0.2, 0) is 13.0 Å². The molecule has 0 aliphatic rings. The number of hydrogen-bond acceptors (Lipinski definition) is 4. The zero-order valence-corrected chi connectivity index (χ0v) is 13.1. The fraction of sp³-hybridized carbons (Fsp3) is 0.250. The van der Waals surface area contributed by atoms with Crippen molar-refractivity contribution in [2.24, 2.45) is 0 Å². The second kappa shape index (κ2) is 5.96. The molecule has 0 bridgehead atoms. The van der Waals surface area contributed by atoms with Crippen LogP contribution in [0, 0.1) is 11.6 Å². The first-order chi connectivity index (χ1) is 10.6. The van der Waals surface area contributed by atoms with E-state index in [0.717, 1.165) is 23.2 Å². The molecule has 3 aromatic rings. The number of hydrogen-bond donors (Lipinski definition) is 0. The summed E-state index contributed by atoms with van der Waals surface area (Å²) in [5, 5.41) is 1.44. The Morgan fingerprint density at radius 3 is 2.77 bits per heavy atom. The van der Waals surface area contributed by atoms with Gasteiger partial charge < -0.3 is 4.90 Å². The molecular formula is C16H15F2N3S. The highest BCUT2D eigenvalue weighted by molar-refractivity contribution is 7.11. The molecule has 0 unspecified atom stereocenters. The number of aryl methyl sites for hydroxylation is 1. The predicted molar refractivity (Wildman–Crippen MR) is 85.3 cm³/mol. The molecule has 6 heteroatoms. The molecule has 1 aromatic carbocycles. The summed E-state index contributed by atoms with van der Waals surface area (Å²) in [7, 11) is 1.88. The molecule has 3 nitrogen and oxygen atoms in total. The van der Waals surface area contributed by atoms with Gasteiger partial charge in [-0.1, -0.05) is 6.92 Å². The lowest BCUT2D eigenvalue weighted by Crippen LogP contribution is -2.16. The molecule has 0 fully saturated rings. The first-order valence-electron chi connectivity index (χ1n) is 6.97. The number of halogens is 2. The first kappa shape index (κ1) is 14.8. The molecule has 22 heavy (non-hydrogen) atoms. The monoisotopic (exact) mass is 319 g/mol. The van der Waals surface area contributed by atoms with Gasteiger partial charge >= 0.3 is 0 Å². The van der Waals surface area contributed by atoms with E-state index in [1.807, 2.05) is 18.1 Å². The zero-order valence-electron chi connectivity index (χ0n) is 12.3. The van der Waals surface area contributed by atoms with Gasteiger partial charge in [0.15, 0.2) is 5.82 Å². The maximum Gasteiger partial charge on any atom is 0.152 e. The Balaban J connectivity index is 1.98. The average molecular weight is 319 g/mol. The second-order valence-electron chi connectivity index (χ2n) is 5.04. The first-order valence-corrected chi connectivity index (χ1v) is 7.78. The number of pyridine rings is 1. The topological polar surface area (TPSA) is 29.0 Å². The lowest BCUT2D eigenvalue weighted by Gasteiger charge is -2.19. The Bertz CT molecular complexity index is 816. The maximum absolute atomic E-state index is 13.8. The third-order valence-corrected chi connectivity index (χ3v) is 4.60. The van der Waals surface area contributed by atoms with Crippen LogP contribution in [0.2, 0.25) is 0 Å². The quantitative estimate of drug-likeness (QED) is 0.723. The summed E-state index contributed by atoms with van der Waals surface area (Å²) in [4.78, 5) is 11.5. The summed E-state index contributed by atoms with van der Waals surface area (Å²) >= 11 is 1.65. The molecule has 0 saturated heterocycles. The molecule has 0 saturated carbocycles. The van der Waals surface area contributed by atoms with E-state index in [2.05, 4.69) is 16.9 Å². The number of aromatic nitrogens is 2. The molecule has 2 heterocycles. The highest BCUT2D eigenvalue weighted by atomic mass is 32.1. The van der Waals surface area contributed by atoms with Crippen molar-refractivity contribution in [3.63, 3.8) is 0 Å². The second-order valence-corrected chi connectivity index (χ2v) is 6.24. The number of nitrogens with zero attached hydrogens (tertiary/aromatic N) is 3. The molecular weight excluding hydrogens is 304 g/mol. The van der Waals surface area contributed by atoms with Crippen LogP contribution in [-0.4, -0.2) is 17.0 Å². The Hall–Kier alpha value is -2.08. The van der Waals surface area contributed by atoms with Crippen LogP contribution in [0.25, 0.3) is 10.9 Å². The largest absolute Gasteiger partial charge is 0.367 e. The minimum Gasteiger partial charge on any atom is -0.367 e. The van der Waals surface area contributed by atoms with Crippen LogP contribution in [0.5, 0.6) is 0 Å². The van der Waals surface area contributed by atoms with Gasteiger partial charge in [0.2, 0.25) is 0 Å². The third kappa shape index (κ3) is 2.78. The van der Waals surface area contributed by atoms with E-state index in [4.69, 9.17) is 0 Å². The van der Waals surface area contributed by atoms with Gasteiger partial charge in [0.25, 0.3) is 0 Å². The summed E-state index contributed by atoms with van der Waals surface area (Å²) in [6.07, 6.45) is 4.36. The van der Waals surface area contributed by atoms with E-state index in [-0.39, 0.29) is 5.52 Å². The molecule has 0 aliphatic carbocycles. The highest BCUT2D eigenvalue weighted by Crippen LogP contribution is 2.28. The fourth-order valence-corrected chi connectivity index (χ4v) is 3.29. The maximum atomic E-state index is 13.8. The number of thiazole rings is 1. The van der Waals surface area contributed by atoms with Gasteiger partial charge in [0.1, 0.15) is 16.3 Å². The Morgan fingerprint density at radius 2 is 2.05 bits per heavy atom. The van der Waals surface area contributed by atoms with Crippen molar-refractivity contribution >= 4 is 27.9 Å². The van der Waals surface area contributed by atoms with Crippen molar-refractivity contribution in [2.75, 3.05) is 11.9 Å². The van der Waals surface area contributed by atoms with E-state index in [1.165, 1.54) is 17.1 Å². The smallest absolute Gasteiger partial charge is 0.152 e. The molecule has 0 atom stereocenters. The Labute approximate surface area is 131 Å². The van der Waals surface area contributed by atoms with Crippen LogP contribution in [0.4, 0.5) is 14.5 Å². The van der Waals surface area contributed by atoms with Gasteiger partial charge in [-0.3, -0.25) is 4.98 Å². The van der Waals surface area contributed by atoms with E-state index >= 15 is 0 Å². The SMILES string of the molecule is CCc1cnc(CN(C)c2ccnc3c(F)cc(F)cc23)s1. The van der Waals surface area contributed by atoms with Crippen molar-refractivity contribution in [1.29, 1.82) is 0 Å². The minimum atomic E-state index is -0.646. The van der Waals surface area contributed by atoms with Crippen molar-refractivity contribution in [1.82, 2.24) is 9.97 Å². The Morgan fingerprint density at radius 1 is 1.23 bits per heavy atom. The van der Waals surface area contributed by atoms with E-state index in [0.29, 0.717) is 11.9 Å². The Kier molecular flexibility index (Phi) is 4.02. The number of anilines is 1. The predicted octanol–water partition coefficient (Wildman–Crippen LogP) is 4.17.